The largest absolute Gasteiger partial charge is 0.489 e. The number of thiocarbonyl (C=S) groups is 1. The lowest BCUT2D eigenvalue weighted by molar-refractivity contribution is -0.121. The van der Waals surface area contributed by atoms with E-state index in [1.165, 1.54) is 16.7 Å². The van der Waals surface area contributed by atoms with Gasteiger partial charge in [0.1, 0.15) is 16.7 Å². The molecule has 0 spiro atoms. The first-order chi connectivity index (χ1) is 11.1. The molecule has 0 unspecified atom stereocenters. The minimum absolute atomic E-state index is 0.0515. The van der Waals surface area contributed by atoms with Crippen LogP contribution in [0.2, 0.25) is 0 Å². The third kappa shape index (κ3) is 3.81. The lowest BCUT2D eigenvalue weighted by Gasteiger charge is -2.06. The Bertz CT molecular complexity index is 754. The maximum atomic E-state index is 12.0. The summed E-state index contributed by atoms with van der Waals surface area (Å²) in [6.07, 6.45) is 1.85. The fourth-order valence-electron chi connectivity index (χ4n) is 2.10. The van der Waals surface area contributed by atoms with Crippen LogP contribution in [0.15, 0.2) is 59.5 Å². The number of thioether (sulfide) groups is 1. The molecule has 2 aromatic carbocycles. The predicted octanol–water partition coefficient (Wildman–Crippen LogP) is 4.10. The molecule has 23 heavy (non-hydrogen) atoms. The number of rotatable bonds is 4. The molecule has 3 rings (SSSR count). The highest BCUT2D eigenvalue weighted by molar-refractivity contribution is 8.26. The number of benzene rings is 2. The van der Waals surface area contributed by atoms with Crippen LogP contribution < -0.4 is 4.74 Å². The summed E-state index contributed by atoms with van der Waals surface area (Å²) in [4.78, 5) is 14.1. The first kappa shape index (κ1) is 15.8. The zero-order valence-electron chi connectivity index (χ0n) is 12.6. The average molecular weight is 341 g/mol. The third-order valence-corrected chi connectivity index (χ3v) is 4.90. The van der Waals surface area contributed by atoms with E-state index in [1.54, 1.807) is 7.05 Å². The number of hydrogen-bond donors (Lipinski definition) is 0. The van der Waals surface area contributed by atoms with E-state index in [2.05, 4.69) is 0 Å². The second-order valence-corrected chi connectivity index (χ2v) is 6.76. The van der Waals surface area contributed by atoms with Gasteiger partial charge in [-0.3, -0.25) is 9.69 Å². The normalized spacial score (nSPS) is 16.2. The molecule has 1 aliphatic rings. The Kier molecular flexibility index (Phi) is 4.79. The van der Waals surface area contributed by atoms with Gasteiger partial charge in [0.25, 0.3) is 5.91 Å². The van der Waals surface area contributed by atoms with Crippen molar-refractivity contribution in [3.8, 4) is 5.75 Å². The Morgan fingerprint density at radius 3 is 2.43 bits per heavy atom. The van der Waals surface area contributed by atoms with Crippen LogP contribution in [0.4, 0.5) is 0 Å². The number of ether oxygens (including phenoxy) is 1. The van der Waals surface area contributed by atoms with E-state index in [0.717, 1.165) is 16.9 Å². The Balaban J connectivity index is 1.66. The van der Waals surface area contributed by atoms with Crippen molar-refractivity contribution in [1.29, 1.82) is 0 Å². The fraction of sp³-hybridized carbons (Fsp3) is 0.111. The van der Waals surface area contributed by atoms with Gasteiger partial charge >= 0.3 is 0 Å². The minimum Gasteiger partial charge on any atom is -0.489 e. The molecule has 0 atom stereocenters. The number of carbonyl (C=O) groups is 1. The molecule has 0 saturated carbocycles. The highest BCUT2D eigenvalue weighted by Crippen LogP contribution is 2.31. The molecular weight excluding hydrogens is 326 g/mol. The molecule has 0 bridgehead atoms. The van der Waals surface area contributed by atoms with E-state index in [0.29, 0.717) is 15.8 Å². The van der Waals surface area contributed by atoms with Gasteiger partial charge in [-0.2, -0.15) is 0 Å². The summed E-state index contributed by atoms with van der Waals surface area (Å²) in [5.74, 6) is 0.749. The van der Waals surface area contributed by atoms with E-state index in [9.17, 15) is 4.79 Å². The van der Waals surface area contributed by atoms with Crippen LogP contribution in [0.1, 0.15) is 11.1 Å². The number of carbonyl (C=O) groups excluding carboxylic acids is 1. The maximum absolute atomic E-state index is 12.0. The van der Waals surface area contributed by atoms with E-state index in [-0.39, 0.29) is 5.91 Å². The van der Waals surface area contributed by atoms with Gasteiger partial charge in [0.15, 0.2) is 0 Å². The Morgan fingerprint density at radius 1 is 1.13 bits per heavy atom. The SMILES string of the molecule is CN1C(=O)C(=Cc2ccc(OCc3ccccc3)cc2)SC1=S. The van der Waals surface area contributed by atoms with Crippen LogP contribution in [0, 0.1) is 0 Å². The molecule has 3 nitrogen and oxygen atoms in total. The van der Waals surface area contributed by atoms with Crippen molar-refractivity contribution in [2.75, 3.05) is 7.05 Å². The standard InChI is InChI=1S/C18H15NO2S2/c1-19-17(20)16(23-18(19)22)11-13-7-9-15(10-8-13)21-12-14-5-3-2-4-6-14/h2-11H,12H2,1H3. The second kappa shape index (κ2) is 6.98. The van der Waals surface area contributed by atoms with E-state index in [1.807, 2.05) is 60.7 Å². The zero-order chi connectivity index (χ0) is 16.2. The monoisotopic (exact) mass is 341 g/mol. The lowest BCUT2D eigenvalue weighted by atomic mass is 10.2. The van der Waals surface area contributed by atoms with E-state index in [4.69, 9.17) is 17.0 Å². The van der Waals surface area contributed by atoms with Gasteiger partial charge in [-0.1, -0.05) is 66.4 Å². The summed E-state index contributed by atoms with van der Waals surface area (Å²) in [6.45, 7) is 0.536. The Hall–Kier alpha value is -2.11. The Morgan fingerprint density at radius 2 is 1.83 bits per heavy atom. The quantitative estimate of drug-likeness (QED) is 0.619. The highest BCUT2D eigenvalue weighted by atomic mass is 32.2. The van der Waals surface area contributed by atoms with Crippen molar-refractivity contribution in [1.82, 2.24) is 4.90 Å². The number of nitrogens with zero attached hydrogens (tertiary/aromatic N) is 1. The molecule has 1 aliphatic heterocycles. The molecule has 116 valence electrons. The highest BCUT2D eigenvalue weighted by Gasteiger charge is 2.28. The van der Waals surface area contributed by atoms with Crippen LogP contribution in [0.25, 0.3) is 6.08 Å². The van der Waals surface area contributed by atoms with Crippen molar-refractivity contribution < 1.29 is 9.53 Å². The van der Waals surface area contributed by atoms with Crippen LogP contribution >= 0.6 is 24.0 Å². The number of likely N-dealkylation sites (N-methyl/N-ethyl adjacent to an activating group) is 1. The molecule has 1 fully saturated rings. The first-order valence-corrected chi connectivity index (χ1v) is 8.34. The lowest BCUT2D eigenvalue weighted by Crippen LogP contribution is -2.22. The third-order valence-electron chi connectivity index (χ3n) is 3.41. The van der Waals surface area contributed by atoms with Gasteiger partial charge in [-0.05, 0) is 29.3 Å². The molecule has 2 aromatic rings. The topological polar surface area (TPSA) is 29.5 Å². The summed E-state index contributed by atoms with van der Waals surface area (Å²) < 4.78 is 6.34. The first-order valence-electron chi connectivity index (χ1n) is 7.12. The molecule has 5 heteroatoms. The number of amides is 1. The Labute approximate surface area is 144 Å². The van der Waals surface area contributed by atoms with Crippen molar-refractivity contribution >= 4 is 40.3 Å². The zero-order valence-corrected chi connectivity index (χ0v) is 14.2. The van der Waals surface area contributed by atoms with E-state index >= 15 is 0 Å². The molecular formula is C18H15NO2S2. The smallest absolute Gasteiger partial charge is 0.265 e. The molecule has 0 radical (unpaired) electrons. The molecule has 0 aromatic heterocycles. The van der Waals surface area contributed by atoms with Crippen LogP contribution in [-0.2, 0) is 11.4 Å². The summed E-state index contributed by atoms with van der Waals surface area (Å²) in [7, 11) is 1.69. The van der Waals surface area contributed by atoms with Crippen molar-refractivity contribution in [3.05, 3.63) is 70.6 Å². The molecule has 1 saturated heterocycles. The summed E-state index contributed by atoms with van der Waals surface area (Å²) in [5.41, 5.74) is 2.08. The molecule has 1 heterocycles. The fourth-order valence-corrected chi connectivity index (χ4v) is 3.28. The van der Waals surface area contributed by atoms with Gasteiger partial charge in [0.05, 0.1) is 4.91 Å². The molecule has 0 aliphatic carbocycles. The van der Waals surface area contributed by atoms with Crippen molar-refractivity contribution in [2.45, 2.75) is 6.61 Å². The van der Waals surface area contributed by atoms with Crippen molar-refractivity contribution in [2.24, 2.45) is 0 Å². The van der Waals surface area contributed by atoms with Crippen LogP contribution in [-0.4, -0.2) is 22.2 Å². The van der Waals surface area contributed by atoms with Gasteiger partial charge in [-0.15, -0.1) is 0 Å². The number of hydrogen-bond acceptors (Lipinski definition) is 4. The average Bonchev–Trinajstić information content (AvgIpc) is 2.82. The summed E-state index contributed by atoms with van der Waals surface area (Å²) in [6, 6.07) is 17.7. The van der Waals surface area contributed by atoms with Crippen molar-refractivity contribution in [3.63, 3.8) is 0 Å². The summed E-state index contributed by atoms with van der Waals surface area (Å²) in [5, 5.41) is 0. The second-order valence-electron chi connectivity index (χ2n) is 5.08. The molecule has 1 amide bonds. The minimum atomic E-state index is -0.0515. The predicted molar refractivity (Wildman–Crippen MR) is 98.2 cm³/mol. The van der Waals surface area contributed by atoms with Gasteiger partial charge in [0, 0.05) is 7.05 Å². The summed E-state index contributed by atoms with van der Waals surface area (Å²) >= 11 is 6.45. The maximum Gasteiger partial charge on any atom is 0.265 e. The molecule has 0 N–H and O–H groups in total. The van der Waals surface area contributed by atoms with Gasteiger partial charge in [0.2, 0.25) is 0 Å². The van der Waals surface area contributed by atoms with E-state index < -0.39 is 0 Å². The van der Waals surface area contributed by atoms with Gasteiger partial charge < -0.3 is 4.74 Å². The van der Waals surface area contributed by atoms with Crippen LogP contribution in [0.5, 0.6) is 5.75 Å². The van der Waals surface area contributed by atoms with Crippen LogP contribution in [0.3, 0.4) is 0 Å². The van der Waals surface area contributed by atoms with Gasteiger partial charge in [-0.25, -0.2) is 0 Å².